The highest BCUT2D eigenvalue weighted by atomic mass is 16.6. The second-order valence-electron chi connectivity index (χ2n) is 5.66. The lowest BCUT2D eigenvalue weighted by molar-refractivity contribution is -0.150. The molecule has 0 atom stereocenters. The fourth-order valence-corrected chi connectivity index (χ4v) is 2.54. The van der Waals surface area contributed by atoms with Gasteiger partial charge in [0.15, 0.2) is 0 Å². The van der Waals surface area contributed by atoms with Crippen LogP contribution >= 0.6 is 0 Å². The van der Waals surface area contributed by atoms with Gasteiger partial charge in [-0.25, -0.2) is 9.59 Å². The van der Waals surface area contributed by atoms with Gasteiger partial charge < -0.3 is 4.74 Å². The largest absolute Gasteiger partial charge is 0.386 e. The summed E-state index contributed by atoms with van der Waals surface area (Å²) in [7, 11) is 0. The number of unbranched alkanes of at least 4 members (excludes halogenated alkanes) is 10. The monoisotopic (exact) mass is 280 g/mol. The summed E-state index contributed by atoms with van der Waals surface area (Å²) in [5.41, 5.74) is 0.547. The summed E-state index contributed by atoms with van der Waals surface area (Å²) in [6, 6.07) is 0. The molecule has 0 bridgehead atoms. The Morgan fingerprint density at radius 1 is 0.800 bits per heavy atom. The van der Waals surface area contributed by atoms with Crippen molar-refractivity contribution in [3.05, 3.63) is 11.6 Å². The first-order valence-electron chi connectivity index (χ1n) is 8.20. The average Bonchev–Trinajstić information content (AvgIpc) is 2.74. The van der Waals surface area contributed by atoms with Crippen molar-refractivity contribution in [1.29, 1.82) is 0 Å². The smallest absolute Gasteiger partial charge is 0.342 e. The third-order valence-electron chi connectivity index (χ3n) is 3.80. The van der Waals surface area contributed by atoms with Gasteiger partial charge in [0.05, 0.1) is 0 Å². The lowest BCUT2D eigenvalue weighted by Gasteiger charge is -2.02. The molecule has 0 spiro atoms. The van der Waals surface area contributed by atoms with Crippen LogP contribution in [0.25, 0.3) is 0 Å². The minimum absolute atomic E-state index is 0.443. The SMILES string of the molecule is CCCCCCCCCCCCCC1=CC(=O)OC1=O. The van der Waals surface area contributed by atoms with E-state index in [1.807, 2.05) is 0 Å². The summed E-state index contributed by atoms with van der Waals surface area (Å²) in [5.74, 6) is -0.949. The third-order valence-corrected chi connectivity index (χ3v) is 3.80. The summed E-state index contributed by atoms with van der Waals surface area (Å²) >= 11 is 0. The van der Waals surface area contributed by atoms with Crippen LogP contribution in [0.5, 0.6) is 0 Å². The number of hydrogen-bond donors (Lipinski definition) is 0. The third kappa shape index (κ3) is 7.46. The van der Waals surface area contributed by atoms with Gasteiger partial charge in [0, 0.05) is 11.6 Å². The van der Waals surface area contributed by atoms with Crippen LogP contribution in [-0.4, -0.2) is 11.9 Å². The molecule has 0 amide bonds. The van der Waals surface area contributed by atoms with Crippen molar-refractivity contribution in [2.75, 3.05) is 0 Å². The number of rotatable bonds is 12. The first-order chi connectivity index (χ1) is 9.74. The van der Waals surface area contributed by atoms with Gasteiger partial charge in [0.2, 0.25) is 0 Å². The maximum absolute atomic E-state index is 11.2. The lowest BCUT2D eigenvalue weighted by Crippen LogP contribution is -2.01. The predicted octanol–water partition coefficient (Wildman–Crippen LogP) is 4.70. The van der Waals surface area contributed by atoms with Gasteiger partial charge in [0.1, 0.15) is 0 Å². The molecule has 0 aliphatic carbocycles. The van der Waals surface area contributed by atoms with Crippen molar-refractivity contribution in [2.45, 2.75) is 84.0 Å². The van der Waals surface area contributed by atoms with Gasteiger partial charge in [-0.3, -0.25) is 0 Å². The molecule has 0 aromatic rings. The Balaban J connectivity index is 1.85. The molecule has 0 saturated heterocycles. The molecular formula is C17H28O3. The maximum atomic E-state index is 11.2. The predicted molar refractivity (Wildman–Crippen MR) is 80.3 cm³/mol. The van der Waals surface area contributed by atoms with Gasteiger partial charge in [-0.1, -0.05) is 71.1 Å². The van der Waals surface area contributed by atoms with E-state index in [-0.39, 0.29) is 0 Å². The van der Waals surface area contributed by atoms with Crippen LogP contribution in [0.4, 0.5) is 0 Å². The number of carbonyl (C=O) groups excluding carboxylic acids is 2. The Labute approximate surface area is 122 Å². The Morgan fingerprint density at radius 3 is 1.75 bits per heavy atom. The molecule has 3 nitrogen and oxygen atoms in total. The van der Waals surface area contributed by atoms with Gasteiger partial charge in [0.25, 0.3) is 0 Å². The van der Waals surface area contributed by atoms with Crippen LogP contribution in [0.1, 0.15) is 84.0 Å². The maximum Gasteiger partial charge on any atom is 0.342 e. The van der Waals surface area contributed by atoms with E-state index in [4.69, 9.17) is 0 Å². The summed E-state index contributed by atoms with van der Waals surface area (Å²) in [4.78, 5) is 22.0. The zero-order valence-corrected chi connectivity index (χ0v) is 12.8. The van der Waals surface area contributed by atoms with E-state index in [9.17, 15) is 9.59 Å². The van der Waals surface area contributed by atoms with Gasteiger partial charge in [-0.15, -0.1) is 0 Å². The van der Waals surface area contributed by atoms with Gasteiger partial charge >= 0.3 is 11.9 Å². The van der Waals surface area contributed by atoms with E-state index in [1.165, 1.54) is 63.9 Å². The van der Waals surface area contributed by atoms with Crippen molar-refractivity contribution < 1.29 is 14.3 Å². The molecule has 0 aromatic carbocycles. The number of esters is 2. The number of hydrogen-bond acceptors (Lipinski definition) is 3. The van der Waals surface area contributed by atoms with Gasteiger partial charge in [-0.05, 0) is 12.8 Å². The average molecular weight is 280 g/mol. The van der Waals surface area contributed by atoms with Crippen LogP contribution in [-0.2, 0) is 14.3 Å². The highest BCUT2D eigenvalue weighted by molar-refractivity contribution is 6.08. The minimum Gasteiger partial charge on any atom is -0.386 e. The van der Waals surface area contributed by atoms with Crippen LogP contribution in [0.2, 0.25) is 0 Å². The van der Waals surface area contributed by atoms with Crippen LogP contribution < -0.4 is 0 Å². The molecule has 114 valence electrons. The fraction of sp³-hybridized carbons (Fsp3) is 0.765. The number of carbonyl (C=O) groups is 2. The van der Waals surface area contributed by atoms with Crippen molar-refractivity contribution in [3.8, 4) is 0 Å². The van der Waals surface area contributed by atoms with Crippen molar-refractivity contribution in [1.82, 2.24) is 0 Å². The van der Waals surface area contributed by atoms with Crippen LogP contribution in [0.15, 0.2) is 11.6 Å². The van der Waals surface area contributed by atoms with Crippen molar-refractivity contribution in [2.24, 2.45) is 0 Å². The van der Waals surface area contributed by atoms with Crippen molar-refractivity contribution in [3.63, 3.8) is 0 Å². The molecule has 1 rings (SSSR count). The summed E-state index contributed by atoms with van der Waals surface area (Å²) in [6.07, 6.45) is 16.2. The number of ether oxygens (including phenoxy) is 1. The summed E-state index contributed by atoms with van der Waals surface area (Å²) < 4.78 is 4.45. The van der Waals surface area contributed by atoms with Gasteiger partial charge in [-0.2, -0.15) is 0 Å². The molecule has 0 aromatic heterocycles. The number of cyclic esters (lactones) is 2. The molecule has 0 unspecified atom stereocenters. The quantitative estimate of drug-likeness (QED) is 0.296. The Bertz CT molecular complexity index is 331. The minimum atomic E-state index is -0.506. The molecule has 3 heteroatoms. The first-order valence-corrected chi connectivity index (χ1v) is 8.20. The summed E-state index contributed by atoms with van der Waals surface area (Å²) in [6.45, 7) is 2.25. The van der Waals surface area contributed by atoms with E-state index in [2.05, 4.69) is 11.7 Å². The fourth-order valence-electron chi connectivity index (χ4n) is 2.54. The second-order valence-corrected chi connectivity index (χ2v) is 5.66. The molecule has 0 fully saturated rings. The van der Waals surface area contributed by atoms with Crippen LogP contribution in [0.3, 0.4) is 0 Å². The normalized spacial score (nSPS) is 14.6. The molecule has 1 aliphatic rings. The Kier molecular flexibility index (Phi) is 9.01. The first kappa shape index (κ1) is 16.9. The summed E-state index contributed by atoms with van der Waals surface area (Å²) in [5, 5.41) is 0. The van der Waals surface area contributed by atoms with E-state index >= 15 is 0 Å². The lowest BCUT2D eigenvalue weighted by atomic mass is 10.0. The van der Waals surface area contributed by atoms with E-state index in [1.54, 1.807) is 0 Å². The molecular weight excluding hydrogens is 252 g/mol. The van der Waals surface area contributed by atoms with E-state index in [0.29, 0.717) is 12.0 Å². The molecule has 1 aliphatic heterocycles. The van der Waals surface area contributed by atoms with Crippen molar-refractivity contribution >= 4 is 11.9 Å². The zero-order chi connectivity index (χ0) is 14.6. The zero-order valence-electron chi connectivity index (χ0n) is 12.8. The highest BCUT2D eigenvalue weighted by Gasteiger charge is 2.22. The Morgan fingerprint density at radius 2 is 1.30 bits per heavy atom. The molecule has 0 saturated carbocycles. The molecule has 20 heavy (non-hydrogen) atoms. The van der Waals surface area contributed by atoms with Crippen LogP contribution in [0, 0.1) is 0 Å². The van der Waals surface area contributed by atoms with E-state index < -0.39 is 11.9 Å². The second kappa shape index (κ2) is 10.6. The molecule has 1 heterocycles. The highest BCUT2D eigenvalue weighted by Crippen LogP contribution is 2.17. The topological polar surface area (TPSA) is 43.4 Å². The van der Waals surface area contributed by atoms with E-state index in [0.717, 1.165) is 12.8 Å². The Hall–Kier alpha value is -1.12. The molecule has 0 N–H and O–H groups in total. The standard InChI is InChI=1S/C17H28O3/c1-2-3-4-5-6-7-8-9-10-11-12-13-15-14-16(18)20-17(15)19/h14H,2-13H2,1H3. The molecule has 0 radical (unpaired) electrons.